The van der Waals surface area contributed by atoms with Crippen molar-refractivity contribution in [2.24, 2.45) is 5.92 Å². The summed E-state index contributed by atoms with van der Waals surface area (Å²) in [6.07, 6.45) is -4.52. The number of alkyl halides is 3. The second-order valence-corrected chi connectivity index (χ2v) is 7.30. The number of anilines is 1. The molecule has 11 heteroatoms. The molecule has 1 saturated heterocycles. The molecule has 2 rings (SSSR count). The maximum absolute atomic E-state index is 12.6. The van der Waals surface area contributed by atoms with Gasteiger partial charge in [-0.25, -0.2) is 13.8 Å². The first-order valence-electron chi connectivity index (χ1n) is 7.43. The number of hydrogen-bond acceptors (Lipinski definition) is 6. The second-order valence-electron chi connectivity index (χ2n) is 5.50. The van der Waals surface area contributed by atoms with Gasteiger partial charge in [0.25, 0.3) is 10.0 Å². The number of halogens is 3. The average Bonchev–Trinajstić information content (AvgIpc) is 2.89. The first kappa shape index (κ1) is 19.5. The van der Waals surface area contributed by atoms with E-state index in [2.05, 4.69) is 15.6 Å². The van der Waals surface area contributed by atoms with E-state index in [0.717, 1.165) is 24.3 Å². The molecule has 1 aliphatic heterocycles. The third kappa shape index (κ3) is 4.41. The molecule has 0 amide bonds. The van der Waals surface area contributed by atoms with E-state index >= 15 is 0 Å². The molecule has 0 radical (unpaired) electrons. The highest BCUT2D eigenvalue weighted by atomic mass is 32.2. The summed E-state index contributed by atoms with van der Waals surface area (Å²) in [5.41, 5.74) is 4.23. The zero-order chi connectivity index (χ0) is 18.8. The third-order valence-electron chi connectivity index (χ3n) is 3.68. The van der Waals surface area contributed by atoms with Crippen molar-refractivity contribution in [3.8, 4) is 0 Å². The minimum atomic E-state index is -4.52. The number of nitrogens with one attached hydrogen (secondary N) is 3. The number of hydrazine groups is 1. The summed E-state index contributed by atoms with van der Waals surface area (Å²) >= 11 is 0. The van der Waals surface area contributed by atoms with Crippen molar-refractivity contribution in [2.45, 2.75) is 31.4 Å². The summed E-state index contributed by atoms with van der Waals surface area (Å²) in [6.45, 7) is 3.31. The highest BCUT2D eigenvalue weighted by Gasteiger charge is 2.47. The highest BCUT2D eigenvalue weighted by molar-refractivity contribution is 7.93. The molecule has 7 nitrogen and oxygen atoms in total. The molecule has 140 valence electrons. The lowest BCUT2D eigenvalue weighted by molar-refractivity contribution is -0.148. The van der Waals surface area contributed by atoms with Crippen LogP contribution in [0.25, 0.3) is 0 Å². The Labute approximate surface area is 142 Å². The van der Waals surface area contributed by atoms with Crippen LogP contribution in [0.1, 0.15) is 19.4 Å². The van der Waals surface area contributed by atoms with Gasteiger partial charge < -0.3 is 4.74 Å². The number of benzene rings is 1. The van der Waals surface area contributed by atoms with Gasteiger partial charge in [0, 0.05) is 11.7 Å². The summed E-state index contributed by atoms with van der Waals surface area (Å²) in [4.78, 5) is 12.0. The Balaban J connectivity index is 2.19. The number of carbonyl (C=O) groups excluding carboxylic acids is 1. The van der Waals surface area contributed by atoms with Gasteiger partial charge in [-0.2, -0.15) is 13.2 Å². The molecule has 25 heavy (non-hydrogen) atoms. The van der Waals surface area contributed by atoms with Crippen molar-refractivity contribution in [3.63, 3.8) is 0 Å². The van der Waals surface area contributed by atoms with E-state index < -0.39 is 45.1 Å². The average molecular weight is 381 g/mol. The van der Waals surface area contributed by atoms with E-state index in [1.807, 2.05) is 0 Å². The van der Waals surface area contributed by atoms with Gasteiger partial charge in [-0.15, -0.1) is 0 Å². The van der Waals surface area contributed by atoms with Gasteiger partial charge in [-0.3, -0.25) is 14.9 Å². The maximum atomic E-state index is 12.6. The molecule has 3 N–H and O–H groups in total. The monoisotopic (exact) mass is 381 g/mol. The Kier molecular flexibility index (Phi) is 5.59. The lowest BCUT2D eigenvalue weighted by Crippen LogP contribution is -2.44. The second kappa shape index (κ2) is 7.18. The van der Waals surface area contributed by atoms with Crippen LogP contribution >= 0.6 is 0 Å². The normalized spacial score (nSPS) is 24.1. The molecular formula is C14H18F3N3O4S. The number of ether oxygens (including phenoxy) is 1. The van der Waals surface area contributed by atoms with Crippen molar-refractivity contribution < 1.29 is 31.1 Å². The zero-order valence-corrected chi connectivity index (χ0v) is 14.2. The number of rotatable bonds is 5. The molecule has 1 aromatic carbocycles. The van der Waals surface area contributed by atoms with E-state index in [0.29, 0.717) is 0 Å². The Morgan fingerprint density at radius 3 is 2.36 bits per heavy atom. The number of sulfonamides is 1. The van der Waals surface area contributed by atoms with Crippen molar-refractivity contribution in [2.75, 3.05) is 11.3 Å². The molecule has 0 aliphatic carbocycles. The van der Waals surface area contributed by atoms with Gasteiger partial charge in [0.2, 0.25) is 0 Å². The van der Waals surface area contributed by atoms with Crippen molar-refractivity contribution >= 4 is 21.7 Å². The predicted molar refractivity (Wildman–Crippen MR) is 83.6 cm³/mol. The minimum Gasteiger partial charge on any atom is -0.466 e. The van der Waals surface area contributed by atoms with Gasteiger partial charge in [0.05, 0.1) is 12.2 Å². The fourth-order valence-corrected chi connectivity index (χ4v) is 3.99. The SMILES string of the molecule is CCOC(=O)C1C(C)NNC1S(=O)(=O)Nc1ccc(C(F)(F)F)cc1. The Morgan fingerprint density at radius 1 is 1.24 bits per heavy atom. The number of esters is 1. The summed E-state index contributed by atoms with van der Waals surface area (Å²) in [5.74, 6) is -1.69. The third-order valence-corrected chi connectivity index (χ3v) is 5.28. The fourth-order valence-electron chi connectivity index (χ4n) is 2.45. The first-order chi connectivity index (χ1) is 11.6. The van der Waals surface area contributed by atoms with Crippen LogP contribution in [0.15, 0.2) is 24.3 Å². The smallest absolute Gasteiger partial charge is 0.416 e. The summed E-state index contributed by atoms with van der Waals surface area (Å²) in [5, 5.41) is -1.33. The van der Waals surface area contributed by atoms with Crippen LogP contribution in [0.5, 0.6) is 0 Å². The summed E-state index contributed by atoms with van der Waals surface area (Å²) in [6, 6.07) is 3.04. The number of hydrogen-bond donors (Lipinski definition) is 3. The van der Waals surface area contributed by atoms with Crippen LogP contribution in [-0.2, 0) is 25.7 Å². The lowest BCUT2D eigenvalue weighted by Gasteiger charge is -2.20. The van der Waals surface area contributed by atoms with E-state index in [9.17, 15) is 26.4 Å². The van der Waals surface area contributed by atoms with Gasteiger partial charge in [0.15, 0.2) is 5.37 Å². The molecule has 1 fully saturated rings. The molecule has 1 aliphatic rings. The molecule has 3 atom stereocenters. The van der Waals surface area contributed by atoms with Crippen molar-refractivity contribution in [3.05, 3.63) is 29.8 Å². The highest BCUT2D eigenvalue weighted by Crippen LogP contribution is 2.30. The van der Waals surface area contributed by atoms with Crippen LogP contribution < -0.4 is 15.6 Å². The first-order valence-corrected chi connectivity index (χ1v) is 8.97. The maximum Gasteiger partial charge on any atom is 0.416 e. The van der Waals surface area contributed by atoms with E-state index in [1.54, 1.807) is 13.8 Å². The lowest BCUT2D eigenvalue weighted by atomic mass is 10.0. The number of carbonyl (C=O) groups is 1. The van der Waals surface area contributed by atoms with Crippen LogP contribution in [0.3, 0.4) is 0 Å². The molecule has 1 heterocycles. The van der Waals surface area contributed by atoms with Crippen LogP contribution in [0, 0.1) is 5.92 Å². The fraction of sp³-hybridized carbons (Fsp3) is 0.500. The molecular weight excluding hydrogens is 363 g/mol. The molecule has 0 bridgehead atoms. The molecule has 3 unspecified atom stereocenters. The molecule has 0 saturated carbocycles. The Hall–Kier alpha value is -1.85. The minimum absolute atomic E-state index is 0.0445. The van der Waals surface area contributed by atoms with E-state index in [-0.39, 0.29) is 12.3 Å². The summed E-state index contributed by atoms with van der Waals surface area (Å²) < 4.78 is 69.7. The van der Waals surface area contributed by atoms with Crippen LogP contribution in [0.2, 0.25) is 0 Å². The van der Waals surface area contributed by atoms with Gasteiger partial charge in [-0.1, -0.05) is 0 Å². The Morgan fingerprint density at radius 2 is 1.84 bits per heavy atom. The molecule has 0 spiro atoms. The Bertz CT molecular complexity index is 722. The molecule has 1 aromatic rings. The van der Waals surface area contributed by atoms with Gasteiger partial charge in [0.1, 0.15) is 5.92 Å². The van der Waals surface area contributed by atoms with Crippen LogP contribution in [-0.4, -0.2) is 32.4 Å². The topological polar surface area (TPSA) is 96.5 Å². The largest absolute Gasteiger partial charge is 0.466 e. The van der Waals surface area contributed by atoms with Crippen molar-refractivity contribution in [1.82, 2.24) is 10.9 Å². The van der Waals surface area contributed by atoms with E-state index in [4.69, 9.17) is 4.74 Å². The predicted octanol–water partition coefficient (Wildman–Crippen LogP) is 1.45. The van der Waals surface area contributed by atoms with Crippen LogP contribution in [0.4, 0.5) is 18.9 Å². The summed E-state index contributed by atoms with van der Waals surface area (Å²) in [7, 11) is -4.11. The van der Waals surface area contributed by atoms with Crippen molar-refractivity contribution in [1.29, 1.82) is 0 Å². The van der Waals surface area contributed by atoms with E-state index in [1.165, 1.54) is 0 Å². The standard InChI is InChI=1S/C14H18F3N3O4S/c1-3-24-13(21)11-8(2)18-19-12(11)25(22,23)20-10-6-4-9(5-7-10)14(15,16)17/h4-8,11-12,18-20H,3H2,1-2H3. The molecule has 0 aromatic heterocycles. The zero-order valence-electron chi connectivity index (χ0n) is 13.4. The quantitative estimate of drug-likeness (QED) is 0.668. The van der Waals surface area contributed by atoms with Gasteiger partial charge >= 0.3 is 12.1 Å². The van der Waals surface area contributed by atoms with Gasteiger partial charge in [-0.05, 0) is 38.1 Å².